The molecule has 0 aliphatic heterocycles. The van der Waals surface area contributed by atoms with Crippen LogP contribution in [0.2, 0.25) is 10.0 Å². The standard InChI is InChI=1S/C12H14Cl2N2O2S3/c13-8-1-4-11(10(14)7-8)21(17,18)15-5-6-20-12(19)16-9-2-3-9/h1,4,7,9,15H,2-3,5-6H2,(H,16,19). The van der Waals surface area contributed by atoms with E-state index < -0.39 is 10.0 Å². The summed E-state index contributed by atoms with van der Waals surface area (Å²) in [5, 5.41) is 3.68. The molecule has 1 aromatic rings. The van der Waals surface area contributed by atoms with Crippen molar-refractivity contribution in [1.29, 1.82) is 0 Å². The number of thiocarbonyl (C=S) groups is 1. The largest absolute Gasteiger partial charge is 0.368 e. The van der Waals surface area contributed by atoms with E-state index in [0.29, 0.717) is 21.1 Å². The Hall–Kier alpha value is -0.0500. The van der Waals surface area contributed by atoms with Gasteiger partial charge in [0.1, 0.15) is 9.22 Å². The molecular weight excluding hydrogens is 371 g/mol. The molecule has 0 amide bonds. The van der Waals surface area contributed by atoms with Crippen LogP contribution in [0.15, 0.2) is 23.1 Å². The fraction of sp³-hybridized carbons (Fsp3) is 0.417. The highest BCUT2D eigenvalue weighted by Crippen LogP contribution is 2.24. The molecule has 0 spiro atoms. The van der Waals surface area contributed by atoms with Crippen LogP contribution in [0.1, 0.15) is 12.8 Å². The van der Waals surface area contributed by atoms with Crippen molar-refractivity contribution in [3.8, 4) is 0 Å². The lowest BCUT2D eigenvalue weighted by molar-refractivity contribution is 0.584. The molecule has 1 aliphatic carbocycles. The molecule has 21 heavy (non-hydrogen) atoms. The van der Waals surface area contributed by atoms with Gasteiger partial charge in [-0.1, -0.05) is 47.2 Å². The van der Waals surface area contributed by atoms with Gasteiger partial charge in [0.25, 0.3) is 0 Å². The van der Waals surface area contributed by atoms with Crippen LogP contribution in [-0.2, 0) is 10.0 Å². The summed E-state index contributed by atoms with van der Waals surface area (Å²) in [6, 6.07) is 4.79. The maximum absolute atomic E-state index is 12.1. The Morgan fingerprint density at radius 3 is 2.71 bits per heavy atom. The van der Waals surface area contributed by atoms with Crippen molar-refractivity contribution in [3.63, 3.8) is 0 Å². The van der Waals surface area contributed by atoms with Gasteiger partial charge in [0, 0.05) is 23.4 Å². The molecule has 9 heteroatoms. The van der Waals surface area contributed by atoms with Gasteiger partial charge < -0.3 is 5.32 Å². The number of nitrogens with one attached hydrogen (secondary N) is 2. The van der Waals surface area contributed by atoms with Crippen molar-refractivity contribution in [3.05, 3.63) is 28.2 Å². The highest BCUT2D eigenvalue weighted by Gasteiger charge is 2.22. The number of halogens is 2. The molecule has 116 valence electrons. The molecule has 0 radical (unpaired) electrons. The van der Waals surface area contributed by atoms with Crippen LogP contribution in [0, 0.1) is 0 Å². The third-order valence-corrected chi connectivity index (χ3v) is 6.15. The minimum Gasteiger partial charge on any atom is -0.368 e. The van der Waals surface area contributed by atoms with Crippen molar-refractivity contribution in [2.75, 3.05) is 12.3 Å². The third kappa shape index (κ3) is 5.58. The zero-order valence-corrected chi connectivity index (χ0v) is 14.9. The first-order valence-corrected chi connectivity index (χ1v) is 9.90. The molecule has 0 bridgehead atoms. The quantitative estimate of drug-likeness (QED) is 0.582. The van der Waals surface area contributed by atoms with Crippen LogP contribution in [0.25, 0.3) is 0 Å². The summed E-state index contributed by atoms with van der Waals surface area (Å²) < 4.78 is 27.4. The van der Waals surface area contributed by atoms with E-state index >= 15 is 0 Å². The molecule has 1 aromatic carbocycles. The van der Waals surface area contributed by atoms with Crippen LogP contribution >= 0.6 is 47.2 Å². The Balaban J connectivity index is 1.81. The topological polar surface area (TPSA) is 58.2 Å². The van der Waals surface area contributed by atoms with Crippen molar-refractivity contribution in [2.24, 2.45) is 0 Å². The fourth-order valence-electron chi connectivity index (χ4n) is 1.53. The van der Waals surface area contributed by atoms with Crippen LogP contribution in [-0.4, -0.2) is 31.1 Å². The van der Waals surface area contributed by atoms with E-state index in [4.69, 9.17) is 35.4 Å². The highest BCUT2D eigenvalue weighted by molar-refractivity contribution is 8.23. The number of benzene rings is 1. The van der Waals surface area contributed by atoms with E-state index in [0.717, 1.165) is 12.8 Å². The van der Waals surface area contributed by atoms with Crippen LogP contribution in [0.3, 0.4) is 0 Å². The molecule has 1 aliphatic rings. The summed E-state index contributed by atoms with van der Waals surface area (Å²) in [5.41, 5.74) is 0. The lowest BCUT2D eigenvalue weighted by Crippen LogP contribution is -2.28. The van der Waals surface area contributed by atoms with Gasteiger partial charge >= 0.3 is 0 Å². The molecule has 0 heterocycles. The third-order valence-electron chi connectivity index (χ3n) is 2.71. The SMILES string of the molecule is O=S(=O)(NCCSC(=S)NC1CC1)c1ccc(Cl)cc1Cl. The first kappa shape index (κ1) is 17.3. The maximum atomic E-state index is 12.1. The molecule has 0 saturated heterocycles. The second-order valence-electron chi connectivity index (χ2n) is 4.53. The molecule has 2 rings (SSSR count). The molecule has 2 N–H and O–H groups in total. The molecule has 0 aromatic heterocycles. The summed E-state index contributed by atoms with van der Waals surface area (Å²) >= 11 is 18.2. The molecular formula is C12H14Cl2N2O2S3. The van der Waals surface area contributed by atoms with Gasteiger partial charge in [-0.3, -0.25) is 0 Å². The summed E-state index contributed by atoms with van der Waals surface area (Å²) in [4.78, 5) is 0.0252. The minimum absolute atomic E-state index is 0.0252. The van der Waals surface area contributed by atoms with Crippen LogP contribution in [0.4, 0.5) is 0 Å². The van der Waals surface area contributed by atoms with E-state index in [1.807, 2.05) is 0 Å². The Bertz CT molecular complexity index is 633. The van der Waals surface area contributed by atoms with E-state index in [1.54, 1.807) is 0 Å². The Morgan fingerprint density at radius 2 is 2.10 bits per heavy atom. The van der Waals surface area contributed by atoms with Crippen LogP contribution in [0.5, 0.6) is 0 Å². The molecule has 0 atom stereocenters. The Kier molecular flexibility index (Phi) is 6.16. The number of sulfonamides is 1. The zero-order valence-electron chi connectivity index (χ0n) is 10.9. The summed E-state index contributed by atoms with van der Waals surface area (Å²) in [6.07, 6.45) is 2.31. The normalized spacial score (nSPS) is 15.0. The second-order valence-corrected chi connectivity index (χ2v) is 8.88. The Morgan fingerprint density at radius 1 is 1.38 bits per heavy atom. The number of hydrogen-bond donors (Lipinski definition) is 2. The zero-order chi connectivity index (χ0) is 15.5. The van der Waals surface area contributed by atoms with E-state index in [1.165, 1.54) is 30.0 Å². The van der Waals surface area contributed by atoms with E-state index in [-0.39, 0.29) is 16.5 Å². The lowest BCUT2D eigenvalue weighted by atomic mass is 10.4. The first-order valence-electron chi connectivity index (χ1n) is 6.26. The fourth-order valence-corrected chi connectivity index (χ4v) is 4.51. The van der Waals surface area contributed by atoms with Crippen LogP contribution < -0.4 is 10.0 Å². The predicted octanol–water partition coefficient (Wildman–Crippen LogP) is 3.04. The van der Waals surface area contributed by atoms with Gasteiger partial charge in [-0.05, 0) is 31.0 Å². The van der Waals surface area contributed by atoms with Gasteiger partial charge in [0.15, 0.2) is 0 Å². The number of hydrogen-bond acceptors (Lipinski definition) is 4. The van der Waals surface area contributed by atoms with Gasteiger partial charge in [-0.2, -0.15) is 0 Å². The number of thioether (sulfide) groups is 1. The number of rotatable bonds is 6. The maximum Gasteiger partial charge on any atom is 0.242 e. The van der Waals surface area contributed by atoms with Gasteiger partial charge in [0.2, 0.25) is 10.0 Å². The van der Waals surface area contributed by atoms with E-state index in [9.17, 15) is 8.42 Å². The smallest absolute Gasteiger partial charge is 0.242 e. The van der Waals surface area contributed by atoms with Crippen molar-refractivity contribution in [2.45, 2.75) is 23.8 Å². The van der Waals surface area contributed by atoms with Gasteiger partial charge in [0.05, 0.1) is 5.02 Å². The highest BCUT2D eigenvalue weighted by atomic mass is 35.5. The lowest BCUT2D eigenvalue weighted by Gasteiger charge is -2.09. The van der Waals surface area contributed by atoms with Crippen molar-refractivity contribution < 1.29 is 8.42 Å². The van der Waals surface area contributed by atoms with Gasteiger partial charge in [-0.15, -0.1) is 0 Å². The van der Waals surface area contributed by atoms with Crippen molar-refractivity contribution >= 4 is 61.5 Å². The average Bonchev–Trinajstić information content (AvgIpc) is 3.18. The molecule has 1 fully saturated rings. The van der Waals surface area contributed by atoms with E-state index in [2.05, 4.69) is 10.0 Å². The van der Waals surface area contributed by atoms with Crippen molar-refractivity contribution in [1.82, 2.24) is 10.0 Å². The Labute approximate surface area is 144 Å². The first-order chi connectivity index (χ1) is 9.88. The second kappa shape index (κ2) is 7.48. The summed E-state index contributed by atoms with van der Waals surface area (Å²) in [7, 11) is -3.63. The van der Waals surface area contributed by atoms with Gasteiger partial charge in [-0.25, -0.2) is 13.1 Å². The molecule has 0 unspecified atom stereocenters. The average molecular weight is 385 g/mol. The molecule has 4 nitrogen and oxygen atoms in total. The monoisotopic (exact) mass is 384 g/mol. The molecule has 1 saturated carbocycles. The predicted molar refractivity (Wildman–Crippen MR) is 92.9 cm³/mol. The summed E-state index contributed by atoms with van der Waals surface area (Å²) in [5.74, 6) is 0.559. The minimum atomic E-state index is -3.63. The summed E-state index contributed by atoms with van der Waals surface area (Å²) in [6.45, 7) is 0.276.